The van der Waals surface area contributed by atoms with Crippen LogP contribution < -0.4 is 0 Å². The van der Waals surface area contributed by atoms with Gasteiger partial charge in [0, 0.05) is 17.0 Å². The lowest BCUT2D eigenvalue weighted by atomic mass is 10.2. The highest BCUT2D eigenvalue weighted by Gasteiger charge is 1.95. The Morgan fingerprint density at radius 3 is 2.58 bits per heavy atom. The SMILES string of the molecule is Br.Oc1cncc2ccccc12. The first kappa shape index (κ1) is 9.00. The molecule has 0 unspecified atom stereocenters. The maximum atomic E-state index is 9.31. The zero-order valence-corrected chi connectivity index (χ0v) is 7.98. The summed E-state index contributed by atoms with van der Waals surface area (Å²) < 4.78 is 0. The number of aromatic nitrogens is 1. The molecule has 1 N–H and O–H groups in total. The normalized spacial score (nSPS) is 9.33. The lowest BCUT2D eigenvalue weighted by Crippen LogP contribution is -1.74. The second-order valence-electron chi connectivity index (χ2n) is 2.38. The zero-order chi connectivity index (χ0) is 7.68. The summed E-state index contributed by atoms with van der Waals surface area (Å²) in [5, 5.41) is 11.1. The van der Waals surface area contributed by atoms with Crippen molar-refractivity contribution in [1.82, 2.24) is 4.98 Å². The Bertz CT molecular complexity index is 384. The van der Waals surface area contributed by atoms with Crippen LogP contribution in [0, 0.1) is 0 Å². The van der Waals surface area contributed by atoms with Gasteiger partial charge in [-0.05, 0) is 0 Å². The van der Waals surface area contributed by atoms with Crippen LogP contribution in [0.4, 0.5) is 0 Å². The van der Waals surface area contributed by atoms with E-state index in [1.165, 1.54) is 6.20 Å². The molecule has 0 aliphatic carbocycles. The number of halogens is 1. The van der Waals surface area contributed by atoms with Crippen LogP contribution in [0.25, 0.3) is 10.8 Å². The van der Waals surface area contributed by atoms with Crippen LogP contribution in [0.15, 0.2) is 36.7 Å². The number of nitrogens with zero attached hydrogens (tertiary/aromatic N) is 1. The fourth-order valence-electron chi connectivity index (χ4n) is 1.10. The van der Waals surface area contributed by atoms with Crippen molar-refractivity contribution in [3.63, 3.8) is 0 Å². The first-order valence-electron chi connectivity index (χ1n) is 3.39. The Morgan fingerprint density at radius 1 is 1.08 bits per heavy atom. The third-order valence-electron chi connectivity index (χ3n) is 1.65. The number of hydrogen-bond donors (Lipinski definition) is 1. The standard InChI is InChI=1S/C9H7NO.BrH/c11-9-6-10-5-7-3-1-2-4-8(7)9;/h1-6,11H;1H. The number of rotatable bonds is 0. The summed E-state index contributed by atoms with van der Waals surface area (Å²) in [5.74, 6) is 0.239. The molecule has 0 aliphatic rings. The number of fused-ring (bicyclic) bond motifs is 1. The van der Waals surface area contributed by atoms with Crippen molar-refractivity contribution in [3.05, 3.63) is 36.7 Å². The molecule has 0 amide bonds. The molecule has 0 saturated heterocycles. The Hall–Kier alpha value is -1.09. The summed E-state index contributed by atoms with van der Waals surface area (Å²) >= 11 is 0. The Morgan fingerprint density at radius 2 is 1.83 bits per heavy atom. The van der Waals surface area contributed by atoms with Crippen molar-refractivity contribution in [2.24, 2.45) is 0 Å². The van der Waals surface area contributed by atoms with Gasteiger partial charge in [0.1, 0.15) is 5.75 Å². The van der Waals surface area contributed by atoms with Crippen LogP contribution in [0.2, 0.25) is 0 Å². The molecule has 2 aromatic rings. The minimum Gasteiger partial charge on any atom is -0.506 e. The Labute approximate surface area is 80.6 Å². The van der Waals surface area contributed by atoms with Gasteiger partial charge in [0.2, 0.25) is 0 Å². The van der Waals surface area contributed by atoms with Gasteiger partial charge in [-0.2, -0.15) is 0 Å². The molecular weight excluding hydrogens is 218 g/mol. The first-order valence-corrected chi connectivity index (χ1v) is 3.39. The van der Waals surface area contributed by atoms with Crippen LogP contribution in [0.3, 0.4) is 0 Å². The molecule has 0 atom stereocenters. The molecule has 0 saturated carbocycles. The van der Waals surface area contributed by atoms with Crippen molar-refractivity contribution in [2.45, 2.75) is 0 Å². The predicted octanol–water partition coefficient (Wildman–Crippen LogP) is 2.52. The largest absolute Gasteiger partial charge is 0.506 e. The molecular formula is C9H8BrNO. The van der Waals surface area contributed by atoms with E-state index in [4.69, 9.17) is 0 Å². The number of aromatic hydroxyl groups is 1. The van der Waals surface area contributed by atoms with E-state index in [1.54, 1.807) is 6.20 Å². The minimum atomic E-state index is 0. The van der Waals surface area contributed by atoms with Crippen molar-refractivity contribution in [3.8, 4) is 5.75 Å². The fraction of sp³-hybridized carbons (Fsp3) is 0. The van der Waals surface area contributed by atoms with Crippen molar-refractivity contribution >= 4 is 27.8 Å². The molecule has 0 radical (unpaired) electrons. The minimum absolute atomic E-state index is 0. The fourth-order valence-corrected chi connectivity index (χ4v) is 1.10. The summed E-state index contributed by atoms with van der Waals surface area (Å²) in [6.07, 6.45) is 3.18. The third kappa shape index (κ3) is 1.41. The van der Waals surface area contributed by atoms with Crippen LogP contribution in [0.1, 0.15) is 0 Å². The van der Waals surface area contributed by atoms with E-state index < -0.39 is 0 Å². The molecule has 1 heterocycles. The van der Waals surface area contributed by atoms with E-state index in [1.807, 2.05) is 24.3 Å². The molecule has 0 bridgehead atoms. The molecule has 1 aromatic heterocycles. The maximum absolute atomic E-state index is 9.31. The first-order chi connectivity index (χ1) is 5.38. The molecule has 0 fully saturated rings. The van der Waals surface area contributed by atoms with Gasteiger partial charge >= 0.3 is 0 Å². The molecule has 0 spiro atoms. The van der Waals surface area contributed by atoms with Crippen molar-refractivity contribution < 1.29 is 5.11 Å². The van der Waals surface area contributed by atoms with E-state index in [-0.39, 0.29) is 22.7 Å². The highest BCUT2D eigenvalue weighted by atomic mass is 79.9. The number of hydrogen-bond acceptors (Lipinski definition) is 2. The van der Waals surface area contributed by atoms with E-state index >= 15 is 0 Å². The molecule has 12 heavy (non-hydrogen) atoms. The molecule has 62 valence electrons. The Kier molecular flexibility index (Phi) is 2.65. The van der Waals surface area contributed by atoms with Gasteiger partial charge < -0.3 is 5.11 Å². The van der Waals surface area contributed by atoms with Gasteiger partial charge in [0.05, 0.1) is 6.20 Å². The number of pyridine rings is 1. The predicted molar refractivity (Wildman–Crippen MR) is 53.7 cm³/mol. The Balaban J connectivity index is 0.000000720. The summed E-state index contributed by atoms with van der Waals surface area (Å²) in [7, 11) is 0. The van der Waals surface area contributed by atoms with Gasteiger partial charge in [-0.1, -0.05) is 24.3 Å². The van der Waals surface area contributed by atoms with Crippen LogP contribution in [0.5, 0.6) is 5.75 Å². The second-order valence-corrected chi connectivity index (χ2v) is 2.38. The quantitative estimate of drug-likeness (QED) is 0.748. The van der Waals surface area contributed by atoms with Gasteiger partial charge in [0.15, 0.2) is 0 Å². The van der Waals surface area contributed by atoms with Crippen LogP contribution in [-0.2, 0) is 0 Å². The molecule has 0 aliphatic heterocycles. The molecule has 2 rings (SSSR count). The summed E-state index contributed by atoms with van der Waals surface area (Å²) in [6, 6.07) is 7.60. The average molecular weight is 226 g/mol. The topological polar surface area (TPSA) is 33.1 Å². The van der Waals surface area contributed by atoms with Gasteiger partial charge in [-0.25, -0.2) is 0 Å². The summed E-state index contributed by atoms with van der Waals surface area (Å²) in [5.41, 5.74) is 0. The maximum Gasteiger partial charge on any atom is 0.141 e. The molecule has 1 aromatic carbocycles. The van der Waals surface area contributed by atoms with E-state index in [0.29, 0.717) is 0 Å². The molecule has 3 heteroatoms. The highest BCUT2D eigenvalue weighted by Crippen LogP contribution is 2.21. The zero-order valence-electron chi connectivity index (χ0n) is 6.27. The highest BCUT2D eigenvalue weighted by molar-refractivity contribution is 8.93. The molecule has 2 nitrogen and oxygen atoms in total. The van der Waals surface area contributed by atoms with Gasteiger partial charge in [0.25, 0.3) is 0 Å². The summed E-state index contributed by atoms with van der Waals surface area (Å²) in [4.78, 5) is 3.86. The smallest absolute Gasteiger partial charge is 0.141 e. The van der Waals surface area contributed by atoms with Gasteiger partial charge in [-0.15, -0.1) is 17.0 Å². The van der Waals surface area contributed by atoms with Crippen molar-refractivity contribution in [2.75, 3.05) is 0 Å². The van der Waals surface area contributed by atoms with Crippen LogP contribution >= 0.6 is 17.0 Å². The van der Waals surface area contributed by atoms with E-state index in [2.05, 4.69) is 4.98 Å². The van der Waals surface area contributed by atoms with Crippen molar-refractivity contribution in [1.29, 1.82) is 0 Å². The summed E-state index contributed by atoms with van der Waals surface area (Å²) in [6.45, 7) is 0. The van der Waals surface area contributed by atoms with E-state index in [0.717, 1.165) is 10.8 Å². The average Bonchev–Trinajstić information content (AvgIpc) is 2.06. The third-order valence-corrected chi connectivity index (χ3v) is 1.65. The van der Waals surface area contributed by atoms with E-state index in [9.17, 15) is 5.11 Å². The monoisotopic (exact) mass is 225 g/mol. The lowest BCUT2D eigenvalue weighted by molar-refractivity contribution is 0.479. The number of benzene rings is 1. The van der Waals surface area contributed by atoms with Gasteiger partial charge in [-0.3, -0.25) is 4.98 Å². The van der Waals surface area contributed by atoms with Crippen LogP contribution in [-0.4, -0.2) is 10.1 Å². The second kappa shape index (κ2) is 3.54. The lowest BCUT2D eigenvalue weighted by Gasteiger charge is -1.96.